The first-order valence-corrected chi connectivity index (χ1v) is 9.57. The molecule has 1 saturated heterocycles. The fraction of sp³-hybridized carbons (Fsp3) is 0.471. The second kappa shape index (κ2) is 5.82. The van der Waals surface area contributed by atoms with Crippen molar-refractivity contribution in [1.29, 1.82) is 0 Å². The number of hydrogen-bond donors (Lipinski definition) is 0. The Balaban J connectivity index is 2.09. The first-order valence-electron chi connectivity index (χ1n) is 7.57. The Bertz CT molecular complexity index is 747. The van der Waals surface area contributed by atoms with E-state index in [1.165, 1.54) is 10.9 Å². The normalized spacial score (nSPS) is 22.9. The molecular weight excluding hydrogens is 316 g/mol. The molecule has 0 amide bonds. The highest BCUT2D eigenvalue weighted by Crippen LogP contribution is 2.38. The third-order valence-corrected chi connectivity index (χ3v) is 6.24. The summed E-state index contributed by atoms with van der Waals surface area (Å²) in [5.74, 6) is 0.430. The molecule has 3 atom stereocenters. The molecule has 0 spiro atoms. The fourth-order valence-corrected chi connectivity index (χ4v) is 4.48. The van der Waals surface area contributed by atoms with E-state index in [1.807, 2.05) is 12.3 Å². The maximum atomic E-state index is 11.7. The molecule has 2 aromatic rings. The van der Waals surface area contributed by atoms with Crippen molar-refractivity contribution in [2.45, 2.75) is 38.0 Å². The van der Waals surface area contributed by atoms with E-state index in [0.29, 0.717) is 11.1 Å². The van der Waals surface area contributed by atoms with Crippen LogP contribution in [-0.2, 0) is 10.8 Å². The Kier molecular flexibility index (Phi) is 4.17. The molecule has 0 bridgehead atoms. The number of rotatable bonds is 3. The van der Waals surface area contributed by atoms with Gasteiger partial charge in [-0.2, -0.15) is 0 Å². The molecule has 0 aliphatic carbocycles. The fourth-order valence-electron chi connectivity index (χ4n) is 3.25. The summed E-state index contributed by atoms with van der Waals surface area (Å²) in [4.78, 5) is 6.58. The van der Waals surface area contributed by atoms with Gasteiger partial charge in [0.1, 0.15) is 5.15 Å². The number of fused-ring (bicyclic) bond motifs is 1. The minimum Gasteiger partial charge on any atom is -0.366 e. The largest absolute Gasteiger partial charge is 0.366 e. The number of pyridine rings is 1. The molecular formula is C17H21ClN2OS. The molecule has 1 aliphatic heterocycles. The van der Waals surface area contributed by atoms with Crippen LogP contribution < -0.4 is 4.90 Å². The highest BCUT2D eigenvalue weighted by molar-refractivity contribution is 7.85. The van der Waals surface area contributed by atoms with Crippen LogP contribution in [0.25, 0.3) is 10.8 Å². The molecule has 1 aromatic heterocycles. The predicted octanol–water partition coefficient (Wildman–Crippen LogP) is 3.97. The van der Waals surface area contributed by atoms with E-state index in [1.54, 1.807) is 6.26 Å². The molecule has 118 valence electrons. The number of aromatic nitrogens is 1. The van der Waals surface area contributed by atoms with Crippen LogP contribution in [0.5, 0.6) is 0 Å². The van der Waals surface area contributed by atoms with Gasteiger partial charge in [0.05, 0.1) is 5.25 Å². The van der Waals surface area contributed by atoms with E-state index in [-0.39, 0.29) is 11.3 Å². The zero-order chi connectivity index (χ0) is 16.0. The lowest BCUT2D eigenvalue weighted by Crippen LogP contribution is -2.60. The van der Waals surface area contributed by atoms with Crippen molar-refractivity contribution in [3.8, 4) is 0 Å². The summed E-state index contributed by atoms with van der Waals surface area (Å²) >= 11 is 6.10. The van der Waals surface area contributed by atoms with Crippen LogP contribution in [0.2, 0.25) is 5.15 Å². The number of nitrogens with zero attached hydrogens (tertiary/aromatic N) is 2. The van der Waals surface area contributed by atoms with Crippen LogP contribution in [-0.4, -0.2) is 33.3 Å². The lowest BCUT2D eigenvalue weighted by molar-refractivity contribution is 0.486. The maximum absolute atomic E-state index is 11.7. The van der Waals surface area contributed by atoms with E-state index in [4.69, 9.17) is 11.6 Å². The van der Waals surface area contributed by atoms with Gasteiger partial charge in [0, 0.05) is 46.9 Å². The Morgan fingerprint density at radius 2 is 2.09 bits per heavy atom. The zero-order valence-corrected chi connectivity index (χ0v) is 14.9. The van der Waals surface area contributed by atoms with Crippen LogP contribution in [0.4, 0.5) is 5.69 Å². The van der Waals surface area contributed by atoms with Gasteiger partial charge in [-0.15, -0.1) is 0 Å². The van der Waals surface area contributed by atoms with Crippen LogP contribution in [0.1, 0.15) is 32.3 Å². The summed E-state index contributed by atoms with van der Waals surface area (Å²) < 4.78 is 11.7. The molecule has 0 N–H and O–H groups in total. The van der Waals surface area contributed by atoms with Crippen molar-refractivity contribution in [3.63, 3.8) is 0 Å². The summed E-state index contributed by atoms with van der Waals surface area (Å²) in [7, 11) is -0.776. The molecule has 5 heteroatoms. The first kappa shape index (κ1) is 15.8. The van der Waals surface area contributed by atoms with E-state index in [0.717, 1.165) is 17.6 Å². The second-order valence-electron chi connectivity index (χ2n) is 6.31. The molecule has 1 aromatic carbocycles. The Labute approximate surface area is 139 Å². The number of hydrogen-bond acceptors (Lipinski definition) is 3. The average molecular weight is 337 g/mol. The van der Waals surface area contributed by atoms with Gasteiger partial charge in [-0.1, -0.05) is 31.5 Å². The molecule has 1 unspecified atom stereocenters. The monoisotopic (exact) mass is 336 g/mol. The van der Waals surface area contributed by atoms with E-state index >= 15 is 0 Å². The van der Waals surface area contributed by atoms with Crippen molar-refractivity contribution in [3.05, 3.63) is 35.1 Å². The summed E-state index contributed by atoms with van der Waals surface area (Å²) in [6.07, 6.45) is 3.65. The molecule has 3 nitrogen and oxygen atoms in total. The van der Waals surface area contributed by atoms with Gasteiger partial charge in [0.25, 0.3) is 0 Å². The molecule has 3 rings (SSSR count). The number of halogens is 1. The van der Waals surface area contributed by atoms with Crippen molar-refractivity contribution >= 4 is 38.9 Å². The minimum absolute atomic E-state index is 0.250. The average Bonchev–Trinajstić information content (AvgIpc) is 2.44. The van der Waals surface area contributed by atoms with Crippen LogP contribution in [0.15, 0.2) is 24.4 Å². The smallest absolute Gasteiger partial charge is 0.129 e. The molecule has 1 aliphatic rings. The summed E-state index contributed by atoms with van der Waals surface area (Å²) in [6.45, 7) is 7.35. The third-order valence-electron chi connectivity index (χ3n) is 4.64. The highest BCUT2D eigenvalue weighted by Gasteiger charge is 2.38. The quantitative estimate of drug-likeness (QED) is 0.795. The Morgan fingerprint density at radius 3 is 2.68 bits per heavy atom. The summed E-state index contributed by atoms with van der Waals surface area (Å²) in [6, 6.07) is 6.59. The molecule has 1 fully saturated rings. The highest BCUT2D eigenvalue weighted by atomic mass is 35.5. The van der Waals surface area contributed by atoms with Gasteiger partial charge in [0.15, 0.2) is 0 Å². The van der Waals surface area contributed by atoms with Gasteiger partial charge in [-0.3, -0.25) is 4.21 Å². The van der Waals surface area contributed by atoms with Gasteiger partial charge in [-0.05, 0) is 35.9 Å². The van der Waals surface area contributed by atoms with Gasteiger partial charge in [-0.25, -0.2) is 4.98 Å². The topological polar surface area (TPSA) is 33.2 Å². The van der Waals surface area contributed by atoms with Gasteiger partial charge < -0.3 is 4.90 Å². The van der Waals surface area contributed by atoms with Gasteiger partial charge in [0.2, 0.25) is 0 Å². The Hall–Kier alpha value is -1.13. The minimum atomic E-state index is -0.776. The summed E-state index contributed by atoms with van der Waals surface area (Å²) in [5.41, 5.74) is 2.45. The predicted molar refractivity (Wildman–Crippen MR) is 95.5 cm³/mol. The number of anilines is 1. The van der Waals surface area contributed by atoms with Crippen molar-refractivity contribution < 1.29 is 4.21 Å². The first-order chi connectivity index (χ1) is 10.4. The lowest BCUT2D eigenvalue weighted by Gasteiger charge is -2.47. The van der Waals surface area contributed by atoms with E-state index < -0.39 is 10.8 Å². The van der Waals surface area contributed by atoms with Crippen molar-refractivity contribution in [2.75, 3.05) is 17.7 Å². The van der Waals surface area contributed by atoms with E-state index in [2.05, 4.69) is 42.8 Å². The molecule has 0 saturated carbocycles. The molecule has 0 radical (unpaired) electrons. The second-order valence-corrected chi connectivity index (χ2v) is 8.30. The zero-order valence-electron chi connectivity index (χ0n) is 13.3. The van der Waals surface area contributed by atoms with Gasteiger partial charge >= 0.3 is 0 Å². The van der Waals surface area contributed by atoms with Crippen molar-refractivity contribution in [2.24, 2.45) is 0 Å². The maximum Gasteiger partial charge on any atom is 0.129 e. The van der Waals surface area contributed by atoms with E-state index in [9.17, 15) is 4.21 Å². The number of benzene rings is 1. The Morgan fingerprint density at radius 1 is 1.36 bits per heavy atom. The summed E-state index contributed by atoms with van der Waals surface area (Å²) in [5, 5.41) is 3.07. The molecule has 2 heterocycles. The standard InChI is InChI=1S/C17H21ClN2OS/c1-10(2)12-5-6-15(14-8-19-17(18)7-13(12)14)20-9-16(11(20)3)22(4)21/h5-8,10-11,16H,9H2,1-4H3/t11-,16+,22?/m1/s1. The van der Waals surface area contributed by atoms with Crippen LogP contribution in [0, 0.1) is 0 Å². The molecule has 22 heavy (non-hydrogen) atoms. The van der Waals surface area contributed by atoms with Crippen LogP contribution in [0.3, 0.4) is 0 Å². The van der Waals surface area contributed by atoms with Crippen molar-refractivity contribution in [1.82, 2.24) is 4.98 Å². The lowest BCUT2D eigenvalue weighted by atomic mass is 9.94. The third kappa shape index (κ3) is 2.52. The van der Waals surface area contributed by atoms with Crippen LogP contribution >= 0.6 is 11.6 Å². The SMILES string of the molecule is CC(C)c1ccc(N2C[C@H](S(C)=O)[C@H]2C)c2cnc(Cl)cc12.